The van der Waals surface area contributed by atoms with Crippen molar-refractivity contribution in [1.29, 1.82) is 0 Å². The fourth-order valence-electron chi connectivity index (χ4n) is 2.40. The molecule has 9 heteroatoms. The molecule has 0 aliphatic carbocycles. The van der Waals surface area contributed by atoms with Crippen molar-refractivity contribution in [2.24, 2.45) is 10.2 Å². The van der Waals surface area contributed by atoms with Gasteiger partial charge in [0.15, 0.2) is 23.0 Å². The SMILES string of the molecule is O=C(N/N=C/c1cccc(O)c1O)c1ccc(N/N=C/c2cccc(O)c2O)cc1. The number of phenolic OH excluding ortho intramolecular Hbond substituents is 4. The van der Waals surface area contributed by atoms with Crippen molar-refractivity contribution in [3.63, 3.8) is 0 Å². The van der Waals surface area contributed by atoms with Gasteiger partial charge >= 0.3 is 0 Å². The molecular formula is C21H18N4O5. The fraction of sp³-hybridized carbons (Fsp3) is 0. The lowest BCUT2D eigenvalue weighted by atomic mass is 10.2. The number of hydrazone groups is 2. The predicted molar refractivity (Wildman–Crippen MR) is 112 cm³/mol. The zero-order valence-electron chi connectivity index (χ0n) is 15.5. The summed E-state index contributed by atoms with van der Waals surface area (Å²) < 4.78 is 0. The lowest BCUT2D eigenvalue weighted by molar-refractivity contribution is 0.0955. The number of hydrogen-bond acceptors (Lipinski definition) is 8. The maximum atomic E-state index is 12.1. The van der Waals surface area contributed by atoms with E-state index in [1.165, 1.54) is 36.7 Å². The first-order valence-electron chi connectivity index (χ1n) is 8.70. The van der Waals surface area contributed by atoms with E-state index in [9.17, 15) is 25.2 Å². The summed E-state index contributed by atoms with van der Waals surface area (Å²) in [7, 11) is 0. The lowest BCUT2D eigenvalue weighted by Gasteiger charge is -2.04. The van der Waals surface area contributed by atoms with E-state index in [1.807, 2.05) is 0 Å². The minimum atomic E-state index is -0.467. The van der Waals surface area contributed by atoms with E-state index in [0.29, 0.717) is 16.8 Å². The average Bonchev–Trinajstić information content (AvgIpc) is 2.74. The molecule has 0 unspecified atom stereocenters. The van der Waals surface area contributed by atoms with Gasteiger partial charge in [0.25, 0.3) is 5.91 Å². The topological polar surface area (TPSA) is 147 Å². The first kappa shape index (κ1) is 20.2. The number of carbonyl (C=O) groups is 1. The molecule has 0 atom stereocenters. The molecule has 9 nitrogen and oxygen atoms in total. The second-order valence-corrected chi connectivity index (χ2v) is 6.08. The van der Waals surface area contributed by atoms with Gasteiger partial charge in [-0.25, -0.2) is 5.43 Å². The minimum absolute atomic E-state index is 0.240. The zero-order valence-corrected chi connectivity index (χ0v) is 15.5. The molecule has 3 rings (SSSR count). The van der Waals surface area contributed by atoms with Crippen LogP contribution in [-0.2, 0) is 0 Å². The third kappa shape index (κ3) is 4.84. The smallest absolute Gasteiger partial charge is 0.271 e. The first-order valence-corrected chi connectivity index (χ1v) is 8.70. The number of nitrogens with one attached hydrogen (secondary N) is 2. The standard InChI is InChI=1S/C21H18N4O5/c26-17-5-1-3-14(19(17)28)11-22-24-16-9-7-13(8-10-16)21(30)25-23-12-15-4-2-6-18(27)20(15)29/h1-12,24,26-29H,(H,25,30)/b22-11+,23-12+. The Hall–Kier alpha value is -4.53. The highest BCUT2D eigenvalue weighted by atomic mass is 16.3. The summed E-state index contributed by atoms with van der Waals surface area (Å²) in [5.74, 6) is -1.59. The van der Waals surface area contributed by atoms with Gasteiger partial charge in [0.05, 0.1) is 18.1 Å². The predicted octanol–water partition coefficient (Wildman–Crippen LogP) is 2.72. The molecule has 0 aliphatic rings. The third-order valence-electron chi connectivity index (χ3n) is 4.01. The summed E-state index contributed by atoms with van der Waals surface area (Å²) in [6, 6.07) is 15.3. The van der Waals surface area contributed by atoms with E-state index < -0.39 is 5.91 Å². The molecule has 0 fully saturated rings. The Labute approximate surface area is 171 Å². The van der Waals surface area contributed by atoms with Crippen LogP contribution >= 0.6 is 0 Å². The molecule has 3 aromatic rings. The first-order chi connectivity index (χ1) is 14.5. The number of nitrogens with zero attached hydrogens (tertiary/aromatic N) is 2. The van der Waals surface area contributed by atoms with Gasteiger partial charge in [0, 0.05) is 16.7 Å². The van der Waals surface area contributed by atoms with Crippen LogP contribution in [0.1, 0.15) is 21.5 Å². The Kier molecular flexibility index (Phi) is 6.14. The summed E-state index contributed by atoms with van der Waals surface area (Å²) in [6.45, 7) is 0. The van der Waals surface area contributed by atoms with E-state index in [0.717, 1.165) is 0 Å². The maximum absolute atomic E-state index is 12.1. The highest BCUT2D eigenvalue weighted by Gasteiger charge is 2.06. The number of rotatable bonds is 6. The number of phenols is 4. The van der Waals surface area contributed by atoms with Crippen LogP contribution < -0.4 is 10.9 Å². The molecule has 0 aromatic heterocycles. The van der Waals surface area contributed by atoms with Gasteiger partial charge in [0.1, 0.15) is 0 Å². The maximum Gasteiger partial charge on any atom is 0.271 e. The minimum Gasteiger partial charge on any atom is -0.504 e. The molecule has 0 saturated heterocycles. The monoisotopic (exact) mass is 406 g/mol. The zero-order chi connectivity index (χ0) is 21.5. The van der Waals surface area contributed by atoms with Gasteiger partial charge < -0.3 is 20.4 Å². The van der Waals surface area contributed by atoms with Crippen molar-refractivity contribution >= 4 is 24.0 Å². The number of hydrogen-bond donors (Lipinski definition) is 6. The van der Waals surface area contributed by atoms with Crippen LogP contribution in [0.5, 0.6) is 23.0 Å². The normalized spacial score (nSPS) is 11.1. The molecular weight excluding hydrogens is 388 g/mol. The molecule has 0 saturated carbocycles. The molecule has 3 aromatic carbocycles. The van der Waals surface area contributed by atoms with Crippen LogP contribution in [0.15, 0.2) is 70.9 Å². The number of anilines is 1. The van der Waals surface area contributed by atoms with Crippen LogP contribution in [0.25, 0.3) is 0 Å². The van der Waals surface area contributed by atoms with E-state index in [2.05, 4.69) is 21.1 Å². The van der Waals surface area contributed by atoms with Crippen LogP contribution in [-0.4, -0.2) is 38.8 Å². The summed E-state index contributed by atoms with van der Waals surface area (Å²) in [6.07, 6.45) is 2.57. The Morgan fingerprint density at radius 3 is 1.83 bits per heavy atom. The molecule has 6 N–H and O–H groups in total. The molecule has 0 aliphatic heterocycles. The fourth-order valence-corrected chi connectivity index (χ4v) is 2.40. The van der Waals surface area contributed by atoms with Crippen LogP contribution in [0, 0.1) is 0 Å². The Morgan fingerprint density at radius 2 is 1.27 bits per heavy atom. The molecule has 30 heavy (non-hydrogen) atoms. The number of aromatic hydroxyl groups is 4. The highest BCUT2D eigenvalue weighted by Crippen LogP contribution is 2.27. The molecule has 0 bridgehead atoms. The molecule has 0 heterocycles. The number of para-hydroxylation sites is 2. The largest absolute Gasteiger partial charge is 0.504 e. The Balaban J connectivity index is 1.57. The van der Waals surface area contributed by atoms with Gasteiger partial charge in [-0.3, -0.25) is 10.2 Å². The van der Waals surface area contributed by atoms with E-state index in [4.69, 9.17) is 0 Å². The van der Waals surface area contributed by atoms with Gasteiger partial charge in [-0.1, -0.05) is 12.1 Å². The molecule has 0 spiro atoms. The average molecular weight is 406 g/mol. The van der Waals surface area contributed by atoms with E-state index in [-0.39, 0.29) is 28.6 Å². The quantitative estimate of drug-likeness (QED) is 0.211. The summed E-state index contributed by atoms with van der Waals surface area (Å²) in [4.78, 5) is 12.1. The van der Waals surface area contributed by atoms with Crippen molar-refractivity contribution in [2.45, 2.75) is 0 Å². The van der Waals surface area contributed by atoms with Crippen molar-refractivity contribution in [3.05, 3.63) is 77.4 Å². The second kappa shape index (κ2) is 9.11. The molecule has 0 radical (unpaired) electrons. The number of carbonyl (C=O) groups excluding carboxylic acids is 1. The Morgan fingerprint density at radius 1 is 0.733 bits per heavy atom. The van der Waals surface area contributed by atoms with Crippen molar-refractivity contribution in [1.82, 2.24) is 5.43 Å². The van der Waals surface area contributed by atoms with E-state index in [1.54, 1.807) is 36.4 Å². The summed E-state index contributed by atoms with van der Waals surface area (Å²) in [5, 5.41) is 46.0. The third-order valence-corrected chi connectivity index (χ3v) is 4.01. The number of amides is 1. The van der Waals surface area contributed by atoms with Gasteiger partial charge in [0.2, 0.25) is 0 Å². The lowest BCUT2D eigenvalue weighted by Crippen LogP contribution is -2.17. The van der Waals surface area contributed by atoms with Gasteiger partial charge in [-0.05, 0) is 48.5 Å². The van der Waals surface area contributed by atoms with Crippen LogP contribution in [0.4, 0.5) is 5.69 Å². The van der Waals surface area contributed by atoms with E-state index >= 15 is 0 Å². The summed E-state index contributed by atoms with van der Waals surface area (Å²) in [5.41, 5.74) is 6.60. The van der Waals surface area contributed by atoms with Crippen molar-refractivity contribution in [2.75, 3.05) is 5.43 Å². The Bertz CT molecular complexity index is 1110. The number of benzene rings is 3. The van der Waals surface area contributed by atoms with Crippen LogP contribution in [0.3, 0.4) is 0 Å². The molecule has 1 amide bonds. The second-order valence-electron chi connectivity index (χ2n) is 6.08. The van der Waals surface area contributed by atoms with Gasteiger partial charge in [-0.2, -0.15) is 10.2 Å². The van der Waals surface area contributed by atoms with Crippen molar-refractivity contribution < 1.29 is 25.2 Å². The highest BCUT2D eigenvalue weighted by molar-refractivity contribution is 5.95. The van der Waals surface area contributed by atoms with Gasteiger partial charge in [-0.15, -0.1) is 0 Å². The summed E-state index contributed by atoms with van der Waals surface area (Å²) >= 11 is 0. The van der Waals surface area contributed by atoms with Crippen molar-refractivity contribution in [3.8, 4) is 23.0 Å². The molecule has 152 valence electrons. The van der Waals surface area contributed by atoms with Crippen LogP contribution in [0.2, 0.25) is 0 Å².